The molecule has 1 heterocycles. The Balaban J connectivity index is 1.29. The standard InChI is InChI=1S/C37H36ClN3O5S/c1-39-37(43)33-22-32(17-18-35(33)46-26-29-10-6-3-7-11-29)47(44,45)31-15-12-27(13-16-31)20-21-41(24-28-8-4-2-5-9-28)25-34(42)30-14-19-36(38)40-23-30/h2-19,22-23,34,42H,20-21,24-26H2,1H3,(H,39,43)/t34-/m0/s1. The molecule has 5 rings (SSSR count). The highest BCUT2D eigenvalue weighted by Crippen LogP contribution is 2.28. The lowest BCUT2D eigenvalue weighted by Crippen LogP contribution is -2.30. The monoisotopic (exact) mass is 669 g/mol. The van der Waals surface area contributed by atoms with Crippen LogP contribution in [0.4, 0.5) is 0 Å². The first-order valence-electron chi connectivity index (χ1n) is 15.2. The summed E-state index contributed by atoms with van der Waals surface area (Å²) in [6.07, 6.45) is 1.45. The zero-order chi connectivity index (χ0) is 33.2. The molecule has 0 aliphatic rings. The van der Waals surface area contributed by atoms with Gasteiger partial charge in [-0.1, -0.05) is 90.5 Å². The van der Waals surface area contributed by atoms with E-state index >= 15 is 0 Å². The van der Waals surface area contributed by atoms with Crippen LogP contribution in [0.25, 0.3) is 0 Å². The van der Waals surface area contributed by atoms with Crippen molar-refractivity contribution in [2.24, 2.45) is 0 Å². The number of carbonyl (C=O) groups excluding carboxylic acids is 1. The number of ether oxygens (including phenoxy) is 1. The van der Waals surface area contributed by atoms with Crippen LogP contribution in [-0.4, -0.2) is 49.5 Å². The molecule has 0 saturated carbocycles. The highest BCUT2D eigenvalue weighted by Gasteiger charge is 2.22. The fourth-order valence-electron chi connectivity index (χ4n) is 5.12. The van der Waals surface area contributed by atoms with E-state index in [9.17, 15) is 18.3 Å². The number of halogens is 1. The number of aliphatic hydroxyl groups excluding tert-OH is 1. The smallest absolute Gasteiger partial charge is 0.254 e. The fraction of sp³-hybridized carbons (Fsp3) is 0.189. The molecule has 2 N–H and O–H groups in total. The number of carbonyl (C=O) groups is 1. The average molecular weight is 670 g/mol. The molecule has 0 spiro atoms. The SMILES string of the molecule is CNC(=O)c1cc(S(=O)(=O)c2ccc(CCN(Cc3ccccc3)C[C@H](O)c3ccc(Cl)nc3)cc2)ccc1OCc1ccccc1. The van der Waals surface area contributed by atoms with Gasteiger partial charge in [0.15, 0.2) is 0 Å². The number of sulfone groups is 1. The molecule has 10 heteroatoms. The summed E-state index contributed by atoms with van der Waals surface area (Å²) in [7, 11) is -2.43. The van der Waals surface area contributed by atoms with Crippen molar-refractivity contribution < 1.29 is 23.1 Å². The summed E-state index contributed by atoms with van der Waals surface area (Å²) in [5.41, 5.74) is 3.79. The number of hydrogen-bond donors (Lipinski definition) is 2. The minimum absolute atomic E-state index is 0.00405. The molecule has 242 valence electrons. The van der Waals surface area contributed by atoms with E-state index in [2.05, 4.69) is 15.2 Å². The van der Waals surface area contributed by atoms with Crippen molar-refractivity contribution in [2.75, 3.05) is 20.1 Å². The average Bonchev–Trinajstić information content (AvgIpc) is 3.10. The molecule has 0 aliphatic heterocycles. The number of nitrogens with one attached hydrogen (secondary N) is 1. The second-order valence-electron chi connectivity index (χ2n) is 11.1. The first kappa shape index (κ1) is 33.8. The lowest BCUT2D eigenvalue weighted by atomic mass is 10.1. The summed E-state index contributed by atoms with van der Waals surface area (Å²) in [5, 5.41) is 13.9. The second-order valence-corrected chi connectivity index (χ2v) is 13.4. The summed E-state index contributed by atoms with van der Waals surface area (Å²) in [6, 6.07) is 34.0. The molecule has 1 aromatic heterocycles. The molecule has 0 fully saturated rings. The van der Waals surface area contributed by atoms with Gasteiger partial charge < -0.3 is 15.2 Å². The molecule has 0 radical (unpaired) electrons. The Morgan fingerprint density at radius 2 is 1.53 bits per heavy atom. The summed E-state index contributed by atoms with van der Waals surface area (Å²) in [4.78, 5) is 19.1. The molecule has 5 aromatic rings. The van der Waals surface area contributed by atoms with Crippen molar-refractivity contribution in [3.63, 3.8) is 0 Å². The summed E-state index contributed by atoms with van der Waals surface area (Å²) in [5.74, 6) is -0.155. The number of aromatic nitrogens is 1. The summed E-state index contributed by atoms with van der Waals surface area (Å²) >= 11 is 5.92. The summed E-state index contributed by atoms with van der Waals surface area (Å²) < 4.78 is 33.1. The minimum atomic E-state index is -3.92. The number of nitrogens with zero attached hydrogens (tertiary/aromatic N) is 2. The first-order chi connectivity index (χ1) is 22.7. The maximum absolute atomic E-state index is 13.6. The van der Waals surface area contributed by atoms with Crippen LogP contribution in [0.5, 0.6) is 5.75 Å². The normalized spacial score (nSPS) is 12.1. The number of benzene rings is 4. The molecular weight excluding hydrogens is 634 g/mol. The molecular formula is C37H36ClN3O5S. The topological polar surface area (TPSA) is 109 Å². The van der Waals surface area contributed by atoms with E-state index in [1.54, 1.807) is 42.6 Å². The number of rotatable bonds is 14. The van der Waals surface area contributed by atoms with Gasteiger partial charge in [0.2, 0.25) is 9.84 Å². The van der Waals surface area contributed by atoms with Gasteiger partial charge in [-0.15, -0.1) is 0 Å². The van der Waals surface area contributed by atoms with E-state index in [0.717, 1.165) is 16.7 Å². The van der Waals surface area contributed by atoms with Crippen LogP contribution in [0, 0.1) is 0 Å². The molecule has 1 amide bonds. The third-order valence-electron chi connectivity index (χ3n) is 7.74. The van der Waals surface area contributed by atoms with Crippen molar-refractivity contribution in [3.8, 4) is 5.75 Å². The van der Waals surface area contributed by atoms with Gasteiger partial charge in [-0.3, -0.25) is 9.69 Å². The predicted octanol–water partition coefficient (Wildman–Crippen LogP) is 6.28. The first-order valence-corrected chi connectivity index (χ1v) is 17.0. The van der Waals surface area contributed by atoms with Crippen LogP contribution in [0.3, 0.4) is 0 Å². The molecule has 1 atom stereocenters. The fourth-order valence-corrected chi connectivity index (χ4v) is 6.52. The number of amides is 1. The Labute approximate surface area is 280 Å². The second kappa shape index (κ2) is 15.8. The van der Waals surface area contributed by atoms with Gasteiger partial charge in [-0.05, 0) is 59.5 Å². The predicted molar refractivity (Wildman–Crippen MR) is 182 cm³/mol. The Hall–Kier alpha value is -4.54. The molecule has 0 saturated heterocycles. The molecule has 8 nitrogen and oxygen atoms in total. The van der Waals surface area contributed by atoms with E-state index in [1.807, 2.05) is 60.7 Å². The van der Waals surface area contributed by atoms with E-state index in [1.165, 1.54) is 25.2 Å². The zero-order valence-electron chi connectivity index (χ0n) is 25.9. The number of pyridine rings is 1. The number of aliphatic hydroxyl groups is 1. The minimum Gasteiger partial charge on any atom is -0.488 e. The molecule has 0 aliphatic carbocycles. The van der Waals surface area contributed by atoms with Crippen LogP contribution in [0.1, 0.15) is 38.7 Å². The maximum atomic E-state index is 13.6. The number of hydrogen-bond acceptors (Lipinski definition) is 7. The lowest BCUT2D eigenvalue weighted by molar-refractivity contribution is 0.0958. The van der Waals surface area contributed by atoms with Crippen LogP contribution >= 0.6 is 11.6 Å². The lowest BCUT2D eigenvalue weighted by Gasteiger charge is -2.25. The largest absolute Gasteiger partial charge is 0.488 e. The van der Waals surface area contributed by atoms with Crippen LogP contribution in [-0.2, 0) is 29.4 Å². The Kier molecular flexibility index (Phi) is 11.4. The van der Waals surface area contributed by atoms with Gasteiger partial charge in [0.05, 0.1) is 21.5 Å². The van der Waals surface area contributed by atoms with Crippen molar-refractivity contribution in [1.82, 2.24) is 15.2 Å². The quantitative estimate of drug-likeness (QED) is 0.134. The van der Waals surface area contributed by atoms with E-state index in [-0.39, 0.29) is 22.0 Å². The van der Waals surface area contributed by atoms with Crippen molar-refractivity contribution in [3.05, 3.63) is 154 Å². The van der Waals surface area contributed by atoms with E-state index in [4.69, 9.17) is 16.3 Å². The van der Waals surface area contributed by atoms with Gasteiger partial charge in [0.25, 0.3) is 5.91 Å². The van der Waals surface area contributed by atoms with Gasteiger partial charge in [-0.2, -0.15) is 0 Å². The van der Waals surface area contributed by atoms with Crippen molar-refractivity contribution in [1.29, 1.82) is 0 Å². The Morgan fingerprint density at radius 1 is 0.872 bits per heavy atom. The van der Waals surface area contributed by atoms with E-state index < -0.39 is 21.8 Å². The molecule has 47 heavy (non-hydrogen) atoms. The van der Waals surface area contributed by atoms with Crippen LogP contribution in [0.2, 0.25) is 5.15 Å². The molecule has 0 unspecified atom stereocenters. The Bertz CT molecular complexity index is 1870. The maximum Gasteiger partial charge on any atom is 0.254 e. The highest BCUT2D eigenvalue weighted by atomic mass is 35.5. The van der Waals surface area contributed by atoms with Gasteiger partial charge in [-0.25, -0.2) is 13.4 Å². The van der Waals surface area contributed by atoms with Gasteiger partial charge in [0.1, 0.15) is 17.5 Å². The zero-order valence-corrected chi connectivity index (χ0v) is 27.5. The van der Waals surface area contributed by atoms with Crippen LogP contribution < -0.4 is 10.1 Å². The van der Waals surface area contributed by atoms with Crippen molar-refractivity contribution >= 4 is 27.3 Å². The summed E-state index contributed by atoms with van der Waals surface area (Å²) in [6.45, 7) is 1.87. The van der Waals surface area contributed by atoms with Gasteiger partial charge >= 0.3 is 0 Å². The highest BCUT2D eigenvalue weighted by molar-refractivity contribution is 7.91. The van der Waals surface area contributed by atoms with Gasteiger partial charge in [0, 0.05) is 38.4 Å². The molecule has 0 bridgehead atoms. The molecule has 4 aromatic carbocycles. The third kappa shape index (κ3) is 9.05. The van der Waals surface area contributed by atoms with Crippen LogP contribution in [0.15, 0.2) is 131 Å². The van der Waals surface area contributed by atoms with Crippen molar-refractivity contribution in [2.45, 2.75) is 35.5 Å². The van der Waals surface area contributed by atoms with E-state index in [0.29, 0.717) is 42.5 Å². The Morgan fingerprint density at radius 3 is 2.17 bits per heavy atom. The third-order valence-corrected chi connectivity index (χ3v) is 9.73.